The summed E-state index contributed by atoms with van der Waals surface area (Å²) in [5, 5.41) is 14.3. The Hall–Kier alpha value is -2.63. The normalized spacial score (nSPS) is 20.4. The van der Waals surface area contributed by atoms with Gasteiger partial charge in [0, 0.05) is 41.9 Å². The van der Waals surface area contributed by atoms with Gasteiger partial charge in [0.2, 0.25) is 5.91 Å². The van der Waals surface area contributed by atoms with Crippen LogP contribution in [0.25, 0.3) is 10.4 Å². The van der Waals surface area contributed by atoms with E-state index in [0.717, 1.165) is 26.6 Å². The number of nitrogens with one attached hydrogen (secondary N) is 1. The third kappa shape index (κ3) is 3.43. The Balaban J connectivity index is 1.63. The number of rotatable bonds is 5. The summed E-state index contributed by atoms with van der Waals surface area (Å²) in [6.45, 7) is 0. The fourth-order valence-electron chi connectivity index (χ4n) is 3.97. The number of likely N-dealkylation sites (tertiary alicyclic amines) is 1. The predicted molar refractivity (Wildman–Crippen MR) is 115 cm³/mol. The van der Waals surface area contributed by atoms with Crippen LogP contribution in [0, 0.1) is 0 Å². The lowest BCUT2D eigenvalue weighted by Gasteiger charge is -2.29. The van der Waals surface area contributed by atoms with Gasteiger partial charge in [0.15, 0.2) is 0 Å². The fraction of sp³-hybridized carbons (Fsp3) is 0.261. The van der Waals surface area contributed by atoms with Crippen LogP contribution in [0.2, 0.25) is 0 Å². The first kappa shape index (κ1) is 18.7. The van der Waals surface area contributed by atoms with Crippen LogP contribution in [-0.4, -0.2) is 36.1 Å². The van der Waals surface area contributed by atoms with E-state index in [0.29, 0.717) is 6.42 Å². The lowest BCUT2D eigenvalue weighted by Crippen LogP contribution is -2.36. The van der Waals surface area contributed by atoms with Crippen molar-refractivity contribution >= 4 is 22.9 Å². The van der Waals surface area contributed by atoms with Crippen molar-refractivity contribution in [3.05, 3.63) is 77.2 Å². The van der Waals surface area contributed by atoms with Crippen LogP contribution in [0.3, 0.4) is 0 Å². The molecule has 1 amide bonds. The Labute approximate surface area is 169 Å². The van der Waals surface area contributed by atoms with Crippen molar-refractivity contribution in [3.8, 4) is 10.4 Å². The van der Waals surface area contributed by atoms with E-state index in [2.05, 4.69) is 17.4 Å². The Morgan fingerprint density at radius 3 is 2.46 bits per heavy atom. The first-order valence-electron chi connectivity index (χ1n) is 9.45. The summed E-state index contributed by atoms with van der Waals surface area (Å²) in [5.74, 6) is 0.0484. The van der Waals surface area contributed by atoms with E-state index in [9.17, 15) is 9.90 Å². The summed E-state index contributed by atoms with van der Waals surface area (Å²) < 4.78 is 0. The molecule has 2 N–H and O–H groups in total. The molecule has 3 aromatic rings. The monoisotopic (exact) mass is 392 g/mol. The molecule has 4 rings (SSSR count). The summed E-state index contributed by atoms with van der Waals surface area (Å²) in [5.41, 5.74) is 3.26. The Bertz CT molecular complexity index is 952. The highest BCUT2D eigenvalue weighted by Gasteiger charge is 2.43. The molecule has 1 fully saturated rings. The molecule has 0 unspecified atom stereocenters. The van der Waals surface area contributed by atoms with Gasteiger partial charge in [-0.1, -0.05) is 42.5 Å². The molecule has 2 aromatic carbocycles. The summed E-state index contributed by atoms with van der Waals surface area (Å²) in [7, 11) is 3.68. The first-order chi connectivity index (χ1) is 13.6. The molecule has 0 saturated carbocycles. The molecule has 1 aromatic heterocycles. The predicted octanol–water partition coefficient (Wildman–Crippen LogP) is 4.50. The van der Waals surface area contributed by atoms with E-state index in [1.54, 1.807) is 23.3 Å². The van der Waals surface area contributed by atoms with Gasteiger partial charge in [0.05, 0.1) is 6.04 Å². The molecule has 2 heterocycles. The topological polar surface area (TPSA) is 52.6 Å². The number of thiophene rings is 1. The maximum absolute atomic E-state index is 12.5. The zero-order chi connectivity index (χ0) is 19.7. The molecular formula is C23H24N2O2S. The fourth-order valence-corrected chi connectivity index (χ4v) is 5.01. The smallest absolute Gasteiger partial charge is 0.223 e. The number of hydrogen-bond donors (Lipinski definition) is 2. The van der Waals surface area contributed by atoms with Gasteiger partial charge in [-0.2, -0.15) is 0 Å². The second-order valence-electron chi connectivity index (χ2n) is 7.19. The average Bonchev–Trinajstić information content (AvgIpc) is 3.34. The third-order valence-corrected chi connectivity index (χ3v) is 6.78. The van der Waals surface area contributed by atoms with Crippen LogP contribution >= 0.6 is 11.3 Å². The molecule has 1 saturated heterocycles. The van der Waals surface area contributed by atoms with Crippen LogP contribution in [0.4, 0.5) is 5.69 Å². The highest BCUT2D eigenvalue weighted by atomic mass is 32.1. The Morgan fingerprint density at radius 1 is 1.07 bits per heavy atom. The van der Waals surface area contributed by atoms with Gasteiger partial charge in [-0.05, 0) is 35.4 Å². The molecule has 4 nitrogen and oxygen atoms in total. The van der Waals surface area contributed by atoms with Gasteiger partial charge in [-0.25, -0.2) is 0 Å². The number of likely N-dealkylation sites (N-methyl/N-ethyl adjacent to an activating group) is 1. The van der Waals surface area contributed by atoms with Gasteiger partial charge in [-0.3, -0.25) is 4.79 Å². The molecule has 0 bridgehead atoms. The summed E-state index contributed by atoms with van der Waals surface area (Å²) >= 11 is 1.59. The van der Waals surface area contributed by atoms with E-state index < -0.39 is 6.10 Å². The number of hydrogen-bond acceptors (Lipinski definition) is 4. The van der Waals surface area contributed by atoms with Crippen LogP contribution in [0.1, 0.15) is 28.9 Å². The molecule has 1 aliphatic rings. The molecule has 1 aliphatic heterocycles. The van der Waals surface area contributed by atoms with Crippen molar-refractivity contribution in [2.75, 3.05) is 19.4 Å². The first-order valence-corrected chi connectivity index (χ1v) is 10.3. The maximum Gasteiger partial charge on any atom is 0.223 e. The van der Waals surface area contributed by atoms with E-state index >= 15 is 0 Å². The number of amides is 1. The Morgan fingerprint density at radius 2 is 1.79 bits per heavy atom. The molecule has 0 spiro atoms. The van der Waals surface area contributed by atoms with Crippen molar-refractivity contribution in [2.45, 2.75) is 24.5 Å². The van der Waals surface area contributed by atoms with Crippen molar-refractivity contribution < 1.29 is 9.90 Å². The lowest BCUT2D eigenvalue weighted by molar-refractivity contribution is -0.128. The SMILES string of the molecule is CNc1ccc([C@H]2CC(=O)N(C)[C@H]2[C@@H](O)c2ccc(-c3ccccc3)s2)cc1. The van der Waals surface area contributed by atoms with E-state index in [1.165, 1.54) is 0 Å². The molecule has 144 valence electrons. The van der Waals surface area contributed by atoms with Crippen molar-refractivity contribution in [1.82, 2.24) is 4.90 Å². The molecule has 0 radical (unpaired) electrons. The standard InChI is InChI=1S/C23H24N2O2S/c1-24-17-10-8-15(9-11-17)18-14-21(26)25(2)22(18)23(27)20-13-12-19(28-20)16-6-4-3-5-7-16/h3-13,18,22-24,27H,14H2,1-2H3/t18-,22-,23+/m1/s1. The van der Waals surface area contributed by atoms with Gasteiger partial charge in [-0.15, -0.1) is 11.3 Å². The van der Waals surface area contributed by atoms with Crippen LogP contribution in [0.5, 0.6) is 0 Å². The summed E-state index contributed by atoms with van der Waals surface area (Å²) in [6, 6.07) is 22.0. The minimum atomic E-state index is -0.715. The van der Waals surface area contributed by atoms with Crippen LogP contribution in [0.15, 0.2) is 66.7 Å². The highest BCUT2D eigenvalue weighted by Crippen LogP contribution is 2.42. The van der Waals surface area contributed by atoms with Gasteiger partial charge >= 0.3 is 0 Å². The molecule has 3 atom stereocenters. The number of anilines is 1. The van der Waals surface area contributed by atoms with E-state index in [-0.39, 0.29) is 17.9 Å². The number of aliphatic hydroxyl groups is 1. The second-order valence-corrected chi connectivity index (χ2v) is 8.31. The van der Waals surface area contributed by atoms with Crippen molar-refractivity contribution in [1.29, 1.82) is 0 Å². The van der Waals surface area contributed by atoms with E-state index in [1.807, 2.05) is 61.6 Å². The number of carbonyl (C=O) groups is 1. The van der Waals surface area contributed by atoms with Crippen molar-refractivity contribution in [3.63, 3.8) is 0 Å². The largest absolute Gasteiger partial charge is 0.388 e. The van der Waals surface area contributed by atoms with Crippen LogP contribution < -0.4 is 5.32 Å². The molecule has 0 aliphatic carbocycles. The third-order valence-electron chi connectivity index (χ3n) is 5.57. The Kier molecular flexibility index (Phi) is 5.20. The quantitative estimate of drug-likeness (QED) is 0.672. The average molecular weight is 393 g/mol. The number of benzene rings is 2. The summed E-state index contributed by atoms with van der Waals surface area (Å²) in [4.78, 5) is 16.2. The van der Waals surface area contributed by atoms with Gasteiger partial charge in [0.1, 0.15) is 6.10 Å². The lowest BCUT2D eigenvalue weighted by atomic mass is 9.88. The summed E-state index contributed by atoms with van der Waals surface area (Å²) in [6.07, 6.45) is -0.290. The molecular weight excluding hydrogens is 368 g/mol. The molecule has 5 heteroatoms. The van der Waals surface area contributed by atoms with Crippen LogP contribution in [-0.2, 0) is 4.79 Å². The minimum Gasteiger partial charge on any atom is -0.388 e. The number of carbonyl (C=O) groups excluding carboxylic acids is 1. The number of nitrogens with zero attached hydrogens (tertiary/aromatic N) is 1. The highest BCUT2D eigenvalue weighted by molar-refractivity contribution is 7.15. The zero-order valence-electron chi connectivity index (χ0n) is 16.0. The molecule has 28 heavy (non-hydrogen) atoms. The zero-order valence-corrected chi connectivity index (χ0v) is 16.8. The van der Waals surface area contributed by atoms with E-state index in [4.69, 9.17) is 0 Å². The second kappa shape index (κ2) is 7.78. The number of aliphatic hydroxyl groups excluding tert-OH is 1. The van der Waals surface area contributed by atoms with Crippen molar-refractivity contribution in [2.24, 2.45) is 0 Å². The van der Waals surface area contributed by atoms with Gasteiger partial charge < -0.3 is 15.3 Å². The minimum absolute atomic E-state index is 0.0271. The maximum atomic E-state index is 12.5. The van der Waals surface area contributed by atoms with Gasteiger partial charge in [0.25, 0.3) is 0 Å².